The van der Waals surface area contributed by atoms with E-state index in [-0.39, 0.29) is 11.8 Å². The summed E-state index contributed by atoms with van der Waals surface area (Å²) in [5.74, 6) is 0.339. The first-order valence-electron chi connectivity index (χ1n) is 11.1. The van der Waals surface area contributed by atoms with Crippen molar-refractivity contribution in [2.45, 2.75) is 19.3 Å². The molecule has 1 fully saturated rings. The molecule has 0 unspecified atom stereocenters. The van der Waals surface area contributed by atoms with E-state index in [0.717, 1.165) is 32.4 Å². The van der Waals surface area contributed by atoms with Gasteiger partial charge in [-0.25, -0.2) is 4.98 Å². The molecule has 1 saturated heterocycles. The standard InChI is InChI=1S/C25H26ClN5O2/c26-22-4-2-1-3-21(22)25(33)30-23-17-19(6-14-28-23)24(32)29-13-5-18-9-15-31(16-10-18)20-7-11-27-12-8-20/h1-4,6-8,11-12,14,17-18H,5,9-10,13,15-16H2,(H,29,32)(H,28,30,33). The summed E-state index contributed by atoms with van der Waals surface area (Å²) in [6, 6.07) is 14.1. The highest BCUT2D eigenvalue weighted by molar-refractivity contribution is 6.34. The Hall–Kier alpha value is -3.45. The van der Waals surface area contributed by atoms with Gasteiger partial charge in [-0.2, -0.15) is 0 Å². The highest BCUT2D eigenvalue weighted by Gasteiger charge is 2.19. The van der Waals surface area contributed by atoms with E-state index in [1.54, 1.807) is 36.4 Å². The second kappa shape index (κ2) is 10.9. The molecule has 4 rings (SSSR count). The molecule has 3 aromatic rings. The number of rotatable bonds is 7. The number of halogens is 1. The third-order valence-electron chi connectivity index (χ3n) is 5.86. The molecule has 0 radical (unpaired) electrons. The van der Waals surface area contributed by atoms with Gasteiger partial charge in [-0.05, 0) is 61.6 Å². The molecule has 33 heavy (non-hydrogen) atoms. The average Bonchev–Trinajstić information content (AvgIpc) is 2.85. The Kier molecular flexibility index (Phi) is 7.52. The molecule has 1 aliphatic heterocycles. The number of carbonyl (C=O) groups is 2. The maximum atomic E-state index is 12.6. The summed E-state index contributed by atoms with van der Waals surface area (Å²) >= 11 is 6.08. The number of carbonyl (C=O) groups excluding carboxylic acids is 2. The van der Waals surface area contributed by atoms with Crippen LogP contribution in [0.4, 0.5) is 11.5 Å². The van der Waals surface area contributed by atoms with Crippen LogP contribution in [-0.4, -0.2) is 41.4 Å². The molecule has 170 valence electrons. The van der Waals surface area contributed by atoms with E-state index in [1.165, 1.54) is 11.9 Å². The van der Waals surface area contributed by atoms with E-state index in [1.807, 2.05) is 24.5 Å². The van der Waals surface area contributed by atoms with Crippen LogP contribution in [-0.2, 0) is 0 Å². The number of nitrogens with one attached hydrogen (secondary N) is 2. The van der Waals surface area contributed by atoms with Gasteiger partial charge in [-0.3, -0.25) is 14.6 Å². The summed E-state index contributed by atoms with van der Waals surface area (Å²) in [6.45, 7) is 2.64. The fourth-order valence-electron chi connectivity index (χ4n) is 4.00. The van der Waals surface area contributed by atoms with Crippen molar-refractivity contribution in [1.29, 1.82) is 0 Å². The third kappa shape index (κ3) is 6.08. The summed E-state index contributed by atoms with van der Waals surface area (Å²) < 4.78 is 0. The van der Waals surface area contributed by atoms with Crippen LogP contribution >= 0.6 is 11.6 Å². The highest BCUT2D eigenvalue weighted by atomic mass is 35.5. The largest absolute Gasteiger partial charge is 0.371 e. The van der Waals surface area contributed by atoms with Crippen molar-refractivity contribution >= 4 is 34.9 Å². The predicted octanol–water partition coefficient (Wildman–Crippen LogP) is 4.42. The van der Waals surface area contributed by atoms with E-state index in [0.29, 0.717) is 34.4 Å². The van der Waals surface area contributed by atoms with E-state index in [9.17, 15) is 9.59 Å². The molecule has 0 bridgehead atoms. The van der Waals surface area contributed by atoms with Crippen molar-refractivity contribution < 1.29 is 9.59 Å². The number of benzene rings is 1. The normalized spacial score (nSPS) is 14.0. The monoisotopic (exact) mass is 463 g/mol. The fraction of sp³-hybridized carbons (Fsp3) is 0.280. The highest BCUT2D eigenvalue weighted by Crippen LogP contribution is 2.24. The predicted molar refractivity (Wildman–Crippen MR) is 130 cm³/mol. The zero-order chi connectivity index (χ0) is 23.0. The van der Waals surface area contributed by atoms with Crippen LogP contribution in [0, 0.1) is 5.92 Å². The van der Waals surface area contributed by atoms with Crippen molar-refractivity contribution in [3.63, 3.8) is 0 Å². The van der Waals surface area contributed by atoms with Crippen molar-refractivity contribution in [3.8, 4) is 0 Å². The molecular formula is C25H26ClN5O2. The van der Waals surface area contributed by atoms with Crippen LogP contribution in [0.1, 0.15) is 40.0 Å². The van der Waals surface area contributed by atoms with Crippen LogP contribution in [0.25, 0.3) is 0 Å². The smallest absolute Gasteiger partial charge is 0.258 e. The number of amides is 2. The molecule has 7 nitrogen and oxygen atoms in total. The Morgan fingerprint density at radius 2 is 1.76 bits per heavy atom. The van der Waals surface area contributed by atoms with Gasteiger partial charge >= 0.3 is 0 Å². The van der Waals surface area contributed by atoms with Crippen LogP contribution in [0.5, 0.6) is 0 Å². The molecule has 2 amide bonds. The molecular weight excluding hydrogens is 438 g/mol. The number of anilines is 2. The summed E-state index contributed by atoms with van der Waals surface area (Å²) in [4.78, 5) is 35.6. The van der Waals surface area contributed by atoms with Crippen molar-refractivity contribution in [1.82, 2.24) is 15.3 Å². The molecule has 2 aromatic heterocycles. The van der Waals surface area contributed by atoms with Gasteiger partial charge in [-0.1, -0.05) is 23.7 Å². The number of hydrogen-bond donors (Lipinski definition) is 2. The van der Waals surface area contributed by atoms with E-state index in [2.05, 4.69) is 25.5 Å². The lowest BCUT2D eigenvalue weighted by molar-refractivity contribution is 0.0949. The zero-order valence-corrected chi connectivity index (χ0v) is 19.0. The lowest BCUT2D eigenvalue weighted by Crippen LogP contribution is -2.35. The Morgan fingerprint density at radius 1 is 1.00 bits per heavy atom. The molecule has 0 spiro atoms. The van der Waals surface area contributed by atoms with Gasteiger partial charge in [-0.15, -0.1) is 0 Å². The van der Waals surface area contributed by atoms with Crippen LogP contribution in [0.3, 0.4) is 0 Å². The molecule has 0 saturated carbocycles. The molecule has 1 aliphatic rings. The first kappa shape index (κ1) is 22.7. The maximum Gasteiger partial charge on any atom is 0.258 e. The zero-order valence-electron chi connectivity index (χ0n) is 18.2. The van der Waals surface area contributed by atoms with E-state index < -0.39 is 0 Å². The van der Waals surface area contributed by atoms with Gasteiger partial charge in [0.2, 0.25) is 0 Å². The number of aromatic nitrogens is 2. The fourth-order valence-corrected chi connectivity index (χ4v) is 4.22. The van der Waals surface area contributed by atoms with Crippen molar-refractivity contribution in [2.24, 2.45) is 5.92 Å². The summed E-state index contributed by atoms with van der Waals surface area (Å²) in [5, 5.41) is 6.04. The Labute approximate surface area is 198 Å². The SMILES string of the molecule is O=C(NCCC1CCN(c2ccncc2)CC1)c1ccnc(NC(=O)c2ccccc2Cl)c1. The minimum atomic E-state index is -0.372. The summed E-state index contributed by atoms with van der Waals surface area (Å²) in [6.07, 6.45) is 8.30. The van der Waals surface area contributed by atoms with Crippen LogP contribution < -0.4 is 15.5 Å². The molecule has 0 atom stereocenters. The third-order valence-corrected chi connectivity index (χ3v) is 6.19. The Bertz CT molecular complexity index is 1100. The molecule has 1 aromatic carbocycles. The van der Waals surface area contributed by atoms with Gasteiger partial charge in [0.25, 0.3) is 11.8 Å². The van der Waals surface area contributed by atoms with Gasteiger partial charge in [0, 0.05) is 49.5 Å². The number of nitrogens with zero attached hydrogens (tertiary/aromatic N) is 3. The lowest BCUT2D eigenvalue weighted by atomic mass is 9.93. The molecule has 2 N–H and O–H groups in total. The number of hydrogen-bond acceptors (Lipinski definition) is 5. The van der Waals surface area contributed by atoms with Gasteiger partial charge in [0.15, 0.2) is 0 Å². The Balaban J connectivity index is 1.24. The van der Waals surface area contributed by atoms with E-state index >= 15 is 0 Å². The molecule has 8 heteroatoms. The van der Waals surface area contributed by atoms with Gasteiger partial charge in [0.05, 0.1) is 10.6 Å². The second-order valence-corrected chi connectivity index (χ2v) is 8.45. The molecule has 0 aliphatic carbocycles. The van der Waals surface area contributed by atoms with Gasteiger partial charge in [0.1, 0.15) is 5.82 Å². The lowest BCUT2D eigenvalue weighted by Gasteiger charge is -2.33. The minimum absolute atomic E-state index is 0.181. The van der Waals surface area contributed by atoms with Crippen LogP contribution in [0.15, 0.2) is 67.1 Å². The van der Waals surface area contributed by atoms with Crippen LogP contribution in [0.2, 0.25) is 5.02 Å². The summed E-state index contributed by atoms with van der Waals surface area (Å²) in [7, 11) is 0. The second-order valence-electron chi connectivity index (χ2n) is 8.04. The quantitative estimate of drug-likeness (QED) is 0.541. The number of pyridine rings is 2. The van der Waals surface area contributed by atoms with Crippen molar-refractivity contribution in [3.05, 3.63) is 83.3 Å². The minimum Gasteiger partial charge on any atom is -0.371 e. The average molecular weight is 464 g/mol. The first-order chi connectivity index (χ1) is 16.1. The first-order valence-corrected chi connectivity index (χ1v) is 11.4. The molecule has 3 heterocycles. The summed E-state index contributed by atoms with van der Waals surface area (Å²) in [5.41, 5.74) is 2.02. The maximum absolute atomic E-state index is 12.6. The van der Waals surface area contributed by atoms with Gasteiger partial charge < -0.3 is 15.5 Å². The Morgan fingerprint density at radius 3 is 2.52 bits per heavy atom. The van der Waals surface area contributed by atoms with Crippen molar-refractivity contribution in [2.75, 3.05) is 29.9 Å². The topological polar surface area (TPSA) is 87.2 Å². The number of piperidine rings is 1. The van der Waals surface area contributed by atoms with E-state index in [4.69, 9.17) is 11.6 Å².